The SMILES string of the molecule is Cc1cccc(N2C(=O)C[C@@H](Nc3cccc(Cl)c3)C2=O)c1C. The summed E-state index contributed by atoms with van der Waals surface area (Å²) in [4.78, 5) is 26.3. The molecule has 1 N–H and O–H groups in total. The summed E-state index contributed by atoms with van der Waals surface area (Å²) in [6, 6.07) is 12.2. The van der Waals surface area contributed by atoms with Gasteiger partial charge in [-0.25, -0.2) is 4.90 Å². The number of halogens is 1. The van der Waals surface area contributed by atoms with Crippen molar-refractivity contribution in [2.75, 3.05) is 10.2 Å². The van der Waals surface area contributed by atoms with Crippen LogP contribution in [0.5, 0.6) is 0 Å². The minimum absolute atomic E-state index is 0.138. The third-order valence-electron chi connectivity index (χ3n) is 4.13. The third kappa shape index (κ3) is 2.94. The fraction of sp³-hybridized carbons (Fsp3) is 0.222. The van der Waals surface area contributed by atoms with Crippen LogP contribution in [0.2, 0.25) is 5.02 Å². The average molecular weight is 329 g/mol. The summed E-state index contributed by atoms with van der Waals surface area (Å²) >= 11 is 5.96. The highest BCUT2D eigenvalue weighted by Crippen LogP contribution is 2.29. The molecule has 1 fully saturated rings. The number of carbonyl (C=O) groups is 2. The number of rotatable bonds is 3. The van der Waals surface area contributed by atoms with Gasteiger partial charge in [0.25, 0.3) is 5.91 Å². The summed E-state index contributed by atoms with van der Waals surface area (Å²) in [7, 11) is 0. The highest BCUT2D eigenvalue weighted by molar-refractivity contribution is 6.30. The molecule has 0 bridgehead atoms. The second-order valence-corrected chi connectivity index (χ2v) is 6.13. The van der Waals surface area contributed by atoms with Gasteiger partial charge in [0.1, 0.15) is 6.04 Å². The smallest absolute Gasteiger partial charge is 0.256 e. The molecule has 1 atom stereocenters. The summed E-state index contributed by atoms with van der Waals surface area (Å²) in [5, 5.41) is 3.68. The van der Waals surface area contributed by atoms with Crippen LogP contribution in [-0.2, 0) is 9.59 Å². The molecule has 3 rings (SSSR count). The zero-order valence-corrected chi connectivity index (χ0v) is 13.7. The molecule has 0 aliphatic carbocycles. The van der Waals surface area contributed by atoms with E-state index in [1.54, 1.807) is 24.3 Å². The van der Waals surface area contributed by atoms with Crippen LogP contribution >= 0.6 is 11.6 Å². The van der Waals surface area contributed by atoms with Crippen molar-refractivity contribution in [2.24, 2.45) is 0 Å². The minimum Gasteiger partial charge on any atom is -0.373 e. The van der Waals surface area contributed by atoms with Crippen molar-refractivity contribution in [2.45, 2.75) is 26.3 Å². The quantitative estimate of drug-likeness (QED) is 0.874. The molecule has 2 amide bonds. The highest BCUT2D eigenvalue weighted by Gasteiger charge is 2.40. The van der Waals surface area contributed by atoms with Gasteiger partial charge in [-0.1, -0.05) is 29.8 Å². The zero-order chi connectivity index (χ0) is 16.6. The lowest BCUT2D eigenvalue weighted by atomic mass is 10.1. The molecule has 118 valence electrons. The van der Waals surface area contributed by atoms with Crippen molar-refractivity contribution in [1.82, 2.24) is 0 Å². The van der Waals surface area contributed by atoms with Crippen LogP contribution in [0.25, 0.3) is 0 Å². The van der Waals surface area contributed by atoms with Gasteiger partial charge >= 0.3 is 0 Å². The van der Waals surface area contributed by atoms with Crippen LogP contribution in [0.4, 0.5) is 11.4 Å². The maximum atomic E-state index is 12.7. The van der Waals surface area contributed by atoms with Crippen molar-refractivity contribution in [3.05, 3.63) is 58.6 Å². The summed E-state index contributed by atoms with van der Waals surface area (Å²) in [6.45, 7) is 3.88. The molecule has 2 aromatic rings. The van der Waals surface area contributed by atoms with Crippen molar-refractivity contribution < 1.29 is 9.59 Å². The Morgan fingerprint density at radius 3 is 2.61 bits per heavy atom. The van der Waals surface area contributed by atoms with E-state index in [1.807, 2.05) is 32.0 Å². The first-order valence-corrected chi connectivity index (χ1v) is 7.80. The largest absolute Gasteiger partial charge is 0.373 e. The first-order valence-electron chi connectivity index (χ1n) is 7.42. The first-order chi connectivity index (χ1) is 11.0. The Labute approximate surface area is 140 Å². The van der Waals surface area contributed by atoms with Crippen LogP contribution in [-0.4, -0.2) is 17.9 Å². The van der Waals surface area contributed by atoms with E-state index in [0.717, 1.165) is 16.8 Å². The normalized spacial score (nSPS) is 17.7. The van der Waals surface area contributed by atoms with Crippen molar-refractivity contribution in [3.63, 3.8) is 0 Å². The van der Waals surface area contributed by atoms with Gasteiger partial charge in [-0.2, -0.15) is 0 Å². The number of hydrogen-bond acceptors (Lipinski definition) is 3. The Morgan fingerprint density at radius 2 is 1.87 bits per heavy atom. The second kappa shape index (κ2) is 6.05. The molecular formula is C18H17ClN2O2. The Hall–Kier alpha value is -2.33. The van der Waals surface area contributed by atoms with E-state index in [1.165, 1.54) is 4.90 Å². The van der Waals surface area contributed by atoms with E-state index < -0.39 is 6.04 Å². The van der Waals surface area contributed by atoms with Gasteiger partial charge in [-0.05, 0) is 49.2 Å². The molecule has 1 heterocycles. The number of benzene rings is 2. The topological polar surface area (TPSA) is 49.4 Å². The van der Waals surface area contributed by atoms with Gasteiger partial charge in [0.15, 0.2) is 0 Å². The number of aryl methyl sites for hydroxylation is 1. The lowest BCUT2D eigenvalue weighted by Crippen LogP contribution is -2.35. The van der Waals surface area contributed by atoms with E-state index in [4.69, 9.17) is 11.6 Å². The van der Waals surface area contributed by atoms with Crippen molar-refractivity contribution >= 4 is 34.8 Å². The molecule has 4 nitrogen and oxygen atoms in total. The molecule has 1 aliphatic rings. The third-order valence-corrected chi connectivity index (χ3v) is 4.36. The number of carbonyl (C=O) groups excluding carboxylic acids is 2. The fourth-order valence-corrected chi connectivity index (χ4v) is 2.95. The first kappa shape index (κ1) is 15.6. The standard InChI is InChI=1S/C18H17ClN2O2/c1-11-5-3-8-16(12(11)2)21-17(22)10-15(18(21)23)20-14-7-4-6-13(19)9-14/h3-9,15,20H,10H2,1-2H3/t15-/m1/s1. The Balaban J connectivity index is 1.87. The predicted octanol–water partition coefficient (Wildman–Crippen LogP) is 3.70. The summed E-state index contributed by atoms with van der Waals surface area (Å²) in [5.74, 6) is -0.424. The Bertz CT molecular complexity index is 788. The molecule has 0 spiro atoms. The van der Waals surface area contributed by atoms with E-state index in [0.29, 0.717) is 10.7 Å². The number of amides is 2. The van der Waals surface area contributed by atoms with Crippen LogP contribution in [0.3, 0.4) is 0 Å². The number of nitrogens with zero attached hydrogens (tertiary/aromatic N) is 1. The molecule has 1 aliphatic heterocycles. The van der Waals surface area contributed by atoms with Gasteiger partial charge in [0, 0.05) is 10.7 Å². The molecule has 1 saturated heterocycles. The van der Waals surface area contributed by atoms with Gasteiger partial charge in [-0.15, -0.1) is 0 Å². The highest BCUT2D eigenvalue weighted by atomic mass is 35.5. The van der Waals surface area contributed by atoms with E-state index in [9.17, 15) is 9.59 Å². The minimum atomic E-state index is -0.569. The van der Waals surface area contributed by atoms with Crippen LogP contribution in [0.15, 0.2) is 42.5 Å². The van der Waals surface area contributed by atoms with Crippen molar-refractivity contribution in [3.8, 4) is 0 Å². The zero-order valence-electron chi connectivity index (χ0n) is 13.0. The van der Waals surface area contributed by atoms with Gasteiger partial charge in [0.05, 0.1) is 12.1 Å². The average Bonchev–Trinajstić information content (AvgIpc) is 2.77. The molecular weight excluding hydrogens is 312 g/mol. The Kier molecular flexibility index (Phi) is 4.09. The fourth-order valence-electron chi connectivity index (χ4n) is 2.76. The summed E-state index contributed by atoms with van der Waals surface area (Å²) in [5.41, 5.74) is 3.38. The van der Waals surface area contributed by atoms with Crippen LogP contribution < -0.4 is 10.2 Å². The molecule has 5 heteroatoms. The monoisotopic (exact) mass is 328 g/mol. The maximum Gasteiger partial charge on any atom is 0.256 e. The molecule has 23 heavy (non-hydrogen) atoms. The molecule has 0 saturated carbocycles. The van der Waals surface area contributed by atoms with Crippen LogP contribution in [0, 0.1) is 13.8 Å². The molecule has 0 aromatic heterocycles. The maximum absolute atomic E-state index is 12.7. The molecule has 2 aromatic carbocycles. The Morgan fingerprint density at radius 1 is 1.13 bits per heavy atom. The number of nitrogens with one attached hydrogen (secondary N) is 1. The summed E-state index contributed by atoms with van der Waals surface area (Å²) in [6.07, 6.45) is 0.138. The van der Waals surface area contributed by atoms with Crippen LogP contribution in [0.1, 0.15) is 17.5 Å². The van der Waals surface area contributed by atoms with Gasteiger partial charge < -0.3 is 5.32 Å². The lowest BCUT2D eigenvalue weighted by Gasteiger charge is -2.19. The van der Waals surface area contributed by atoms with Crippen molar-refractivity contribution in [1.29, 1.82) is 0 Å². The molecule has 0 unspecified atom stereocenters. The predicted molar refractivity (Wildman–Crippen MR) is 91.9 cm³/mol. The van der Waals surface area contributed by atoms with Gasteiger partial charge in [0.2, 0.25) is 5.91 Å². The molecule has 0 radical (unpaired) electrons. The number of hydrogen-bond donors (Lipinski definition) is 1. The number of anilines is 2. The van der Waals surface area contributed by atoms with E-state index >= 15 is 0 Å². The van der Waals surface area contributed by atoms with Gasteiger partial charge in [-0.3, -0.25) is 9.59 Å². The lowest BCUT2D eigenvalue weighted by molar-refractivity contribution is -0.121. The van der Waals surface area contributed by atoms with E-state index in [2.05, 4.69) is 5.32 Å². The van der Waals surface area contributed by atoms with E-state index in [-0.39, 0.29) is 18.2 Å². The number of imide groups is 1. The summed E-state index contributed by atoms with van der Waals surface area (Å²) < 4.78 is 0. The second-order valence-electron chi connectivity index (χ2n) is 5.70.